The second-order valence-corrected chi connectivity index (χ2v) is 8.02. The number of carbonyl (C=O) groups is 1. The minimum atomic E-state index is -1.18. The van der Waals surface area contributed by atoms with E-state index in [1.165, 1.54) is 0 Å². The van der Waals surface area contributed by atoms with E-state index in [4.69, 9.17) is 9.84 Å². The fourth-order valence-electron chi connectivity index (χ4n) is 3.15. The third-order valence-electron chi connectivity index (χ3n) is 4.46. The predicted molar refractivity (Wildman–Crippen MR) is 111 cm³/mol. The molecule has 28 heavy (non-hydrogen) atoms. The molecule has 4 nitrogen and oxygen atoms in total. The van der Waals surface area contributed by atoms with Gasteiger partial charge in [0.05, 0.1) is 13.5 Å². The number of aliphatic carboxylic acids is 1. The Bertz CT molecular complexity index is 970. The number of ether oxygens (including phenoxy) is 1. The van der Waals surface area contributed by atoms with Crippen molar-refractivity contribution in [1.82, 2.24) is 0 Å². The molecular weight excluding hydrogens is 372 g/mol. The molecule has 1 unspecified atom stereocenters. The van der Waals surface area contributed by atoms with E-state index in [0.29, 0.717) is 17.1 Å². The quantitative estimate of drug-likeness (QED) is 0.594. The van der Waals surface area contributed by atoms with Gasteiger partial charge in [0.2, 0.25) is 0 Å². The fraction of sp³-hybridized carbons (Fsp3) is 0.174. The van der Waals surface area contributed by atoms with Crippen molar-refractivity contribution in [2.24, 2.45) is 0 Å². The number of aryl methyl sites for hydroxylation is 1. The summed E-state index contributed by atoms with van der Waals surface area (Å²) in [6.45, 7) is 2.00. The maximum Gasteiger partial charge on any atom is 0.307 e. The van der Waals surface area contributed by atoms with Gasteiger partial charge in [0.25, 0.3) is 0 Å². The molecule has 0 saturated heterocycles. The summed E-state index contributed by atoms with van der Waals surface area (Å²) < 4.78 is 18.4. The van der Waals surface area contributed by atoms with Crippen LogP contribution in [0.1, 0.15) is 16.7 Å². The number of carboxylic acid groups (broad SMARTS) is 1. The molecule has 0 bridgehead atoms. The zero-order valence-corrected chi connectivity index (χ0v) is 16.7. The Kier molecular flexibility index (Phi) is 6.39. The summed E-state index contributed by atoms with van der Waals surface area (Å²) in [5.41, 5.74) is 4.41. The first-order valence-corrected chi connectivity index (χ1v) is 10.2. The van der Waals surface area contributed by atoms with Crippen LogP contribution in [-0.4, -0.2) is 22.7 Å². The molecule has 0 amide bonds. The largest absolute Gasteiger partial charge is 0.611 e. The van der Waals surface area contributed by atoms with Crippen LogP contribution in [0.15, 0.2) is 71.6 Å². The average Bonchev–Trinajstić information content (AvgIpc) is 2.68. The van der Waals surface area contributed by atoms with E-state index < -0.39 is 17.1 Å². The molecule has 0 aliphatic rings. The van der Waals surface area contributed by atoms with Crippen LogP contribution in [0.3, 0.4) is 0 Å². The molecule has 0 saturated carbocycles. The van der Waals surface area contributed by atoms with Gasteiger partial charge in [0.15, 0.2) is 4.90 Å². The number of carboxylic acids is 1. The highest BCUT2D eigenvalue weighted by Gasteiger charge is 2.18. The topological polar surface area (TPSA) is 69.6 Å². The van der Waals surface area contributed by atoms with Crippen LogP contribution in [-0.2, 0) is 28.1 Å². The zero-order chi connectivity index (χ0) is 20.1. The summed E-state index contributed by atoms with van der Waals surface area (Å²) in [7, 11) is 1.59. The molecule has 0 radical (unpaired) electrons. The van der Waals surface area contributed by atoms with Gasteiger partial charge in [0, 0.05) is 11.1 Å². The first-order valence-electron chi connectivity index (χ1n) is 8.90. The third kappa shape index (κ3) is 4.74. The molecule has 5 heteroatoms. The van der Waals surface area contributed by atoms with E-state index in [0.717, 1.165) is 27.1 Å². The normalized spacial score (nSPS) is 11.8. The summed E-state index contributed by atoms with van der Waals surface area (Å²) in [5, 5.41) is 9.12. The van der Waals surface area contributed by atoms with E-state index in [1.807, 2.05) is 61.5 Å². The second-order valence-electron chi connectivity index (χ2n) is 6.57. The minimum absolute atomic E-state index is 0.0614. The van der Waals surface area contributed by atoms with Crippen molar-refractivity contribution in [2.75, 3.05) is 7.11 Å². The molecule has 0 fully saturated rings. The monoisotopic (exact) mass is 394 g/mol. The highest BCUT2D eigenvalue weighted by atomic mass is 32.2. The average molecular weight is 394 g/mol. The Morgan fingerprint density at radius 2 is 1.79 bits per heavy atom. The van der Waals surface area contributed by atoms with Gasteiger partial charge in [0.1, 0.15) is 11.5 Å². The lowest BCUT2D eigenvalue weighted by Gasteiger charge is -2.17. The Morgan fingerprint density at radius 1 is 1.04 bits per heavy atom. The maximum atomic E-state index is 12.9. The molecule has 0 aliphatic heterocycles. The molecule has 3 aromatic carbocycles. The highest BCUT2D eigenvalue weighted by molar-refractivity contribution is 7.90. The van der Waals surface area contributed by atoms with E-state index in [9.17, 15) is 9.35 Å². The van der Waals surface area contributed by atoms with Crippen LogP contribution < -0.4 is 4.74 Å². The van der Waals surface area contributed by atoms with Gasteiger partial charge in [-0.15, -0.1) is 0 Å². The van der Waals surface area contributed by atoms with Crippen molar-refractivity contribution in [3.8, 4) is 16.9 Å². The SMILES string of the molecule is COc1ccc(CC(=O)O)cc1-c1ccc(C)cc1C[S+]([O-])c1ccccc1. The number of rotatable bonds is 7. The van der Waals surface area contributed by atoms with E-state index in [-0.39, 0.29) is 6.42 Å². The van der Waals surface area contributed by atoms with Gasteiger partial charge in [-0.1, -0.05) is 48.0 Å². The van der Waals surface area contributed by atoms with Crippen LogP contribution >= 0.6 is 0 Å². The maximum absolute atomic E-state index is 12.9. The van der Waals surface area contributed by atoms with Crippen molar-refractivity contribution in [3.05, 3.63) is 83.4 Å². The minimum Gasteiger partial charge on any atom is -0.611 e. The summed E-state index contributed by atoms with van der Waals surface area (Å²) in [6, 6.07) is 20.8. The van der Waals surface area contributed by atoms with Gasteiger partial charge in [-0.2, -0.15) is 0 Å². The van der Waals surface area contributed by atoms with Crippen LogP contribution in [0.25, 0.3) is 11.1 Å². The van der Waals surface area contributed by atoms with Crippen molar-refractivity contribution in [1.29, 1.82) is 0 Å². The third-order valence-corrected chi connectivity index (χ3v) is 5.83. The lowest BCUT2D eigenvalue weighted by molar-refractivity contribution is -0.136. The van der Waals surface area contributed by atoms with E-state index >= 15 is 0 Å². The van der Waals surface area contributed by atoms with Crippen molar-refractivity contribution >= 4 is 17.1 Å². The summed E-state index contributed by atoms with van der Waals surface area (Å²) in [6.07, 6.45) is -0.0614. The van der Waals surface area contributed by atoms with Crippen LogP contribution in [0, 0.1) is 6.92 Å². The fourth-order valence-corrected chi connectivity index (χ4v) is 4.30. The summed E-state index contributed by atoms with van der Waals surface area (Å²) >= 11 is -1.18. The van der Waals surface area contributed by atoms with E-state index in [1.54, 1.807) is 19.2 Å². The Balaban J connectivity index is 2.04. The summed E-state index contributed by atoms with van der Waals surface area (Å²) in [4.78, 5) is 11.9. The van der Waals surface area contributed by atoms with Gasteiger partial charge < -0.3 is 14.4 Å². The zero-order valence-electron chi connectivity index (χ0n) is 15.8. The van der Waals surface area contributed by atoms with E-state index in [2.05, 4.69) is 0 Å². The Hall–Kier alpha value is -2.76. The molecule has 3 rings (SSSR count). The molecular formula is C23H22O4S. The first-order chi connectivity index (χ1) is 13.5. The Labute approximate surface area is 168 Å². The van der Waals surface area contributed by atoms with Crippen LogP contribution in [0.2, 0.25) is 0 Å². The predicted octanol–water partition coefficient (Wildman–Crippen LogP) is 4.61. The smallest absolute Gasteiger partial charge is 0.307 e. The molecule has 3 aromatic rings. The second kappa shape index (κ2) is 8.95. The Morgan fingerprint density at radius 3 is 2.46 bits per heavy atom. The lowest BCUT2D eigenvalue weighted by Crippen LogP contribution is -2.07. The molecule has 0 heterocycles. The standard InChI is InChI=1S/C23H22O4S/c1-16-8-10-20(18(12-16)15-28(26)19-6-4-3-5-7-19)21-13-17(14-23(24)25)9-11-22(21)27-2/h3-13H,14-15H2,1-2H3,(H,24,25). The van der Waals surface area contributed by atoms with Crippen molar-refractivity contribution < 1.29 is 19.2 Å². The lowest BCUT2D eigenvalue weighted by atomic mass is 9.95. The van der Waals surface area contributed by atoms with Gasteiger partial charge in [-0.25, -0.2) is 0 Å². The molecule has 0 aliphatic carbocycles. The molecule has 144 valence electrons. The first kappa shape index (κ1) is 20.0. The van der Waals surface area contributed by atoms with Crippen molar-refractivity contribution in [3.63, 3.8) is 0 Å². The molecule has 1 atom stereocenters. The van der Waals surface area contributed by atoms with Gasteiger partial charge in [-0.3, -0.25) is 4.79 Å². The summed E-state index contributed by atoms with van der Waals surface area (Å²) in [5.74, 6) is 0.142. The van der Waals surface area contributed by atoms with Gasteiger partial charge >= 0.3 is 5.97 Å². The molecule has 0 spiro atoms. The number of hydrogen-bond donors (Lipinski definition) is 1. The number of hydrogen-bond acceptors (Lipinski definition) is 3. The van der Waals surface area contributed by atoms with Crippen molar-refractivity contribution in [2.45, 2.75) is 24.0 Å². The van der Waals surface area contributed by atoms with Gasteiger partial charge in [-0.05, 0) is 53.5 Å². The highest BCUT2D eigenvalue weighted by Crippen LogP contribution is 2.35. The van der Waals surface area contributed by atoms with Crippen LogP contribution in [0.5, 0.6) is 5.75 Å². The molecule has 1 N–H and O–H groups in total. The number of methoxy groups -OCH3 is 1. The number of benzene rings is 3. The molecule has 0 aromatic heterocycles. The van der Waals surface area contributed by atoms with Crippen LogP contribution in [0.4, 0.5) is 0 Å².